The van der Waals surface area contributed by atoms with Crippen LogP contribution in [0.5, 0.6) is 0 Å². The third kappa shape index (κ3) is 0.744. The summed E-state index contributed by atoms with van der Waals surface area (Å²) in [4.78, 5) is 0. The van der Waals surface area contributed by atoms with E-state index < -0.39 is 0 Å². The molecule has 0 spiro atoms. The van der Waals surface area contributed by atoms with Crippen LogP contribution in [0.15, 0.2) is 11.1 Å². The summed E-state index contributed by atoms with van der Waals surface area (Å²) in [5.74, 6) is 2.06. The van der Waals surface area contributed by atoms with Gasteiger partial charge in [-0.2, -0.15) is 0 Å². The van der Waals surface area contributed by atoms with Gasteiger partial charge in [0.2, 0.25) is 0 Å². The van der Waals surface area contributed by atoms with E-state index >= 15 is 0 Å². The minimum Gasteiger partial charge on any atom is -0.0738 e. The summed E-state index contributed by atoms with van der Waals surface area (Å²) in [5.41, 5.74) is 3.41. The summed E-state index contributed by atoms with van der Waals surface area (Å²) < 4.78 is 0. The lowest BCUT2D eigenvalue weighted by Crippen LogP contribution is -2.00. The van der Waals surface area contributed by atoms with Gasteiger partial charge in [0.1, 0.15) is 0 Å². The van der Waals surface area contributed by atoms with Gasteiger partial charge in [-0.25, -0.2) is 0 Å². The lowest BCUT2D eigenvalue weighted by atomic mass is 9.96. The predicted octanol–water partition coefficient (Wildman–Crippen LogP) is 3.14. The summed E-state index contributed by atoms with van der Waals surface area (Å²) >= 11 is 0. The Hall–Kier alpha value is -0.260. The molecule has 0 aliphatic heterocycles. The average molecular weight is 136 g/mol. The van der Waals surface area contributed by atoms with Crippen LogP contribution < -0.4 is 0 Å². The molecule has 2 unspecified atom stereocenters. The van der Waals surface area contributed by atoms with Crippen molar-refractivity contribution in [3.8, 4) is 0 Å². The van der Waals surface area contributed by atoms with Crippen molar-refractivity contribution in [2.24, 2.45) is 11.8 Å². The van der Waals surface area contributed by atoms with Crippen LogP contribution in [-0.2, 0) is 0 Å². The summed E-state index contributed by atoms with van der Waals surface area (Å²) in [6.07, 6.45) is 5.88. The molecule has 0 amide bonds. The number of fused-ring (bicyclic) bond motifs is 1. The third-order valence-corrected chi connectivity index (χ3v) is 3.46. The van der Waals surface area contributed by atoms with Crippen LogP contribution in [0.4, 0.5) is 0 Å². The number of allylic oxidation sites excluding steroid dienone is 2. The SMILES string of the molecule is CC1=C(C)C2CCCC2C1. The Bertz CT molecular complexity index is 176. The zero-order valence-corrected chi connectivity index (χ0v) is 6.98. The molecule has 0 aromatic heterocycles. The van der Waals surface area contributed by atoms with Gasteiger partial charge in [-0.1, -0.05) is 17.6 Å². The molecule has 2 aliphatic rings. The largest absolute Gasteiger partial charge is 0.0738 e. The lowest BCUT2D eigenvalue weighted by Gasteiger charge is -2.09. The Kier molecular flexibility index (Phi) is 1.36. The van der Waals surface area contributed by atoms with Crippen LogP contribution in [0.2, 0.25) is 0 Å². The molecule has 0 bridgehead atoms. The zero-order valence-electron chi connectivity index (χ0n) is 6.98. The van der Waals surface area contributed by atoms with Crippen LogP contribution in [0.25, 0.3) is 0 Å². The molecule has 0 saturated heterocycles. The quantitative estimate of drug-likeness (QED) is 0.449. The van der Waals surface area contributed by atoms with Gasteiger partial charge in [-0.15, -0.1) is 0 Å². The van der Waals surface area contributed by atoms with E-state index in [1.54, 1.807) is 11.1 Å². The fourth-order valence-corrected chi connectivity index (χ4v) is 2.72. The van der Waals surface area contributed by atoms with E-state index in [-0.39, 0.29) is 0 Å². The maximum atomic E-state index is 2.34. The van der Waals surface area contributed by atoms with Crippen molar-refractivity contribution in [1.82, 2.24) is 0 Å². The molecule has 0 radical (unpaired) electrons. The smallest absolute Gasteiger partial charge is 0.0172 e. The summed E-state index contributed by atoms with van der Waals surface area (Å²) in [6, 6.07) is 0. The molecule has 2 aliphatic carbocycles. The highest BCUT2D eigenvalue weighted by Crippen LogP contribution is 2.46. The van der Waals surface area contributed by atoms with Crippen LogP contribution in [0.1, 0.15) is 39.5 Å². The number of hydrogen-bond acceptors (Lipinski definition) is 0. The first-order chi connectivity index (χ1) is 4.79. The third-order valence-electron chi connectivity index (χ3n) is 3.46. The fraction of sp³-hybridized carbons (Fsp3) is 0.800. The standard InChI is InChI=1S/C10H16/c1-7-6-9-4-3-5-10(9)8(7)2/h9-10H,3-6H2,1-2H3. The zero-order chi connectivity index (χ0) is 7.14. The Labute approximate surface area is 63.3 Å². The first-order valence-corrected chi connectivity index (χ1v) is 4.45. The Morgan fingerprint density at radius 3 is 2.70 bits per heavy atom. The van der Waals surface area contributed by atoms with Gasteiger partial charge in [-0.3, -0.25) is 0 Å². The van der Waals surface area contributed by atoms with Crippen molar-refractivity contribution in [2.45, 2.75) is 39.5 Å². The van der Waals surface area contributed by atoms with E-state index in [0.29, 0.717) is 0 Å². The van der Waals surface area contributed by atoms with E-state index in [0.717, 1.165) is 11.8 Å². The van der Waals surface area contributed by atoms with E-state index in [1.165, 1.54) is 25.7 Å². The van der Waals surface area contributed by atoms with Crippen molar-refractivity contribution in [2.75, 3.05) is 0 Å². The maximum absolute atomic E-state index is 2.34. The molecule has 1 fully saturated rings. The molecular formula is C10H16. The molecule has 2 rings (SSSR count). The van der Waals surface area contributed by atoms with Gasteiger partial charge >= 0.3 is 0 Å². The van der Waals surface area contributed by atoms with Gasteiger partial charge in [0, 0.05) is 0 Å². The second-order valence-electron chi connectivity index (χ2n) is 3.96. The first kappa shape index (κ1) is 6.45. The number of rotatable bonds is 0. The molecule has 0 nitrogen and oxygen atoms in total. The summed E-state index contributed by atoms with van der Waals surface area (Å²) in [6.45, 7) is 4.65. The highest BCUT2D eigenvalue weighted by molar-refractivity contribution is 5.22. The second kappa shape index (κ2) is 2.11. The molecular weight excluding hydrogens is 120 g/mol. The van der Waals surface area contributed by atoms with Gasteiger partial charge in [0.15, 0.2) is 0 Å². The summed E-state index contributed by atoms with van der Waals surface area (Å²) in [5, 5.41) is 0. The normalized spacial score (nSPS) is 39.0. The van der Waals surface area contributed by atoms with Crippen LogP contribution in [0, 0.1) is 11.8 Å². The van der Waals surface area contributed by atoms with Gasteiger partial charge in [0.05, 0.1) is 0 Å². The van der Waals surface area contributed by atoms with Crippen molar-refractivity contribution >= 4 is 0 Å². The van der Waals surface area contributed by atoms with Crippen LogP contribution in [-0.4, -0.2) is 0 Å². The molecule has 0 heterocycles. The minimum absolute atomic E-state index is 1.000. The lowest BCUT2D eigenvalue weighted by molar-refractivity contribution is 0.478. The van der Waals surface area contributed by atoms with E-state index in [9.17, 15) is 0 Å². The average Bonchev–Trinajstić information content (AvgIpc) is 2.41. The van der Waals surface area contributed by atoms with Gasteiger partial charge in [0.25, 0.3) is 0 Å². The number of hydrogen-bond donors (Lipinski definition) is 0. The van der Waals surface area contributed by atoms with Crippen molar-refractivity contribution < 1.29 is 0 Å². The van der Waals surface area contributed by atoms with Crippen LogP contribution >= 0.6 is 0 Å². The first-order valence-electron chi connectivity index (χ1n) is 4.45. The maximum Gasteiger partial charge on any atom is -0.0172 e. The second-order valence-corrected chi connectivity index (χ2v) is 3.96. The highest BCUT2D eigenvalue weighted by Gasteiger charge is 2.33. The van der Waals surface area contributed by atoms with Crippen molar-refractivity contribution in [1.29, 1.82) is 0 Å². The fourth-order valence-electron chi connectivity index (χ4n) is 2.72. The van der Waals surface area contributed by atoms with E-state index in [4.69, 9.17) is 0 Å². The van der Waals surface area contributed by atoms with Crippen LogP contribution in [0.3, 0.4) is 0 Å². The molecule has 2 atom stereocenters. The molecule has 0 N–H and O–H groups in total. The Morgan fingerprint density at radius 2 is 2.00 bits per heavy atom. The Morgan fingerprint density at radius 1 is 1.20 bits per heavy atom. The monoisotopic (exact) mass is 136 g/mol. The molecule has 56 valence electrons. The van der Waals surface area contributed by atoms with Crippen molar-refractivity contribution in [3.63, 3.8) is 0 Å². The molecule has 0 aromatic rings. The molecule has 0 aromatic carbocycles. The van der Waals surface area contributed by atoms with E-state index in [2.05, 4.69) is 13.8 Å². The highest BCUT2D eigenvalue weighted by atomic mass is 14.4. The van der Waals surface area contributed by atoms with E-state index in [1.807, 2.05) is 0 Å². The predicted molar refractivity (Wildman–Crippen MR) is 43.8 cm³/mol. The summed E-state index contributed by atoms with van der Waals surface area (Å²) in [7, 11) is 0. The Balaban J connectivity index is 2.22. The van der Waals surface area contributed by atoms with Gasteiger partial charge in [-0.05, 0) is 44.9 Å². The molecule has 0 heteroatoms. The topological polar surface area (TPSA) is 0 Å². The molecule has 10 heavy (non-hydrogen) atoms. The molecule has 1 saturated carbocycles. The minimum atomic E-state index is 1.000. The van der Waals surface area contributed by atoms with Crippen molar-refractivity contribution in [3.05, 3.63) is 11.1 Å². The van der Waals surface area contributed by atoms with Gasteiger partial charge < -0.3 is 0 Å².